The number of aryl methyl sites for hydroxylation is 2. The van der Waals surface area contributed by atoms with Crippen LogP contribution in [0.15, 0.2) is 36.4 Å². The van der Waals surface area contributed by atoms with Gasteiger partial charge in [0.2, 0.25) is 0 Å². The molecular weight excluding hydrogens is 252 g/mol. The van der Waals surface area contributed by atoms with Gasteiger partial charge in [0.15, 0.2) is 0 Å². The highest BCUT2D eigenvalue weighted by molar-refractivity contribution is 6.05. The third kappa shape index (κ3) is 2.91. The molecule has 2 aromatic rings. The Morgan fingerprint density at radius 1 is 1.15 bits per heavy atom. The van der Waals surface area contributed by atoms with Crippen molar-refractivity contribution in [3.63, 3.8) is 0 Å². The van der Waals surface area contributed by atoms with Crippen molar-refractivity contribution in [1.82, 2.24) is 0 Å². The molecule has 0 unspecified atom stereocenters. The molecule has 2 rings (SSSR count). The molecule has 4 nitrogen and oxygen atoms in total. The number of nitrogens with two attached hydrogens (primary N) is 1. The summed E-state index contributed by atoms with van der Waals surface area (Å²) in [5, 5.41) is 2.92. The van der Waals surface area contributed by atoms with E-state index in [-0.39, 0.29) is 5.91 Å². The lowest BCUT2D eigenvalue weighted by atomic mass is 10.1. The van der Waals surface area contributed by atoms with E-state index in [2.05, 4.69) is 5.32 Å². The molecule has 4 heteroatoms. The second-order valence-electron chi connectivity index (χ2n) is 4.72. The molecule has 0 aliphatic heterocycles. The Hall–Kier alpha value is -2.49. The number of rotatable bonds is 3. The van der Waals surface area contributed by atoms with Gasteiger partial charge in [-0.2, -0.15) is 0 Å². The molecule has 0 saturated heterocycles. The van der Waals surface area contributed by atoms with Gasteiger partial charge in [-0.05, 0) is 37.1 Å². The number of amides is 1. The summed E-state index contributed by atoms with van der Waals surface area (Å²) in [5.41, 5.74) is 9.62. The van der Waals surface area contributed by atoms with Crippen LogP contribution in [-0.4, -0.2) is 13.0 Å². The minimum atomic E-state index is -0.201. The SMILES string of the molecule is COc1cc(N)cc(C(=O)Nc2c(C)cccc2C)c1. The lowest BCUT2D eigenvalue weighted by molar-refractivity contribution is 0.102. The number of hydrogen-bond acceptors (Lipinski definition) is 3. The number of nitrogens with one attached hydrogen (secondary N) is 1. The normalized spacial score (nSPS) is 10.2. The largest absolute Gasteiger partial charge is 0.497 e. The van der Waals surface area contributed by atoms with Crippen LogP contribution in [0.3, 0.4) is 0 Å². The average molecular weight is 270 g/mol. The molecule has 1 amide bonds. The Morgan fingerprint density at radius 2 is 1.80 bits per heavy atom. The number of para-hydroxylation sites is 1. The summed E-state index contributed by atoms with van der Waals surface area (Å²) in [7, 11) is 1.54. The lowest BCUT2D eigenvalue weighted by Gasteiger charge is -2.12. The van der Waals surface area contributed by atoms with Crippen LogP contribution in [0.5, 0.6) is 5.75 Å². The predicted molar refractivity (Wildman–Crippen MR) is 81.3 cm³/mol. The van der Waals surface area contributed by atoms with E-state index in [1.807, 2.05) is 32.0 Å². The predicted octanol–water partition coefficient (Wildman–Crippen LogP) is 3.15. The highest BCUT2D eigenvalue weighted by Gasteiger charge is 2.11. The molecule has 0 atom stereocenters. The fourth-order valence-electron chi connectivity index (χ4n) is 2.07. The Morgan fingerprint density at radius 3 is 2.40 bits per heavy atom. The second-order valence-corrected chi connectivity index (χ2v) is 4.72. The van der Waals surface area contributed by atoms with Crippen LogP contribution in [-0.2, 0) is 0 Å². The minimum Gasteiger partial charge on any atom is -0.497 e. The Balaban J connectivity index is 2.31. The van der Waals surface area contributed by atoms with Crippen molar-refractivity contribution >= 4 is 17.3 Å². The number of methoxy groups -OCH3 is 1. The van der Waals surface area contributed by atoms with Gasteiger partial charge in [0.05, 0.1) is 7.11 Å². The van der Waals surface area contributed by atoms with Crippen LogP contribution in [0.25, 0.3) is 0 Å². The first-order chi connectivity index (χ1) is 9.51. The van der Waals surface area contributed by atoms with Gasteiger partial charge in [-0.15, -0.1) is 0 Å². The molecule has 3 N–H and O–H groups in total. The van der Waals surface area contributed by atoms with E-state index in [4.69, 9.17) is 10.5 Å². The Bertz CT molecular complexity index is 631. The third-order valence-corrected chi connectivity index (χ3v) is 3.15. The van der Waals surface area contributed by atoms with Crippen molar-refractivity contribution in [3.05, 3.63) is 53.1 Å². The molecule has 0 spiro atoms. The van der Waals surface area contributed by atoms with Crippen LogP contribution >= 0.6 is 0 Å². The summed E-state index contributed by atoms with van der Waals surface area (Å²) < 4.78 is 5.12. The van der Waals surface area contributed by atoms with E-state index in [0.717, 1.165) is 16.8 Å². The van der Waals surface area contributed by atoms with Gasteiger partial charge in [0.25, 0.3) is 5.91 Å². The number of anilines is 2. The fourth-order valence-corrected chi connectivity index (χ4v) is 2.07. The maximum atomic E-state index is 12.3. The van der Waals surface area contributed by atoms with Gasteiger partial charge in [-0.1, -0.05) is 18.2 Å². The maximum Gasteiger partial charge on any atom is 0.255 e. The van der Waals surface area contributed by atoms with E-state index in [1.165, 1.54) is 0 Å². The first-order valence-corrected chi connectivity index (χ1v) is 6.33. The highest BCUT2D eigenvalue weighted by atomic mass is 16.5. The van der Waals surface area contributed by atoms with Crippen molar-refractivity contribution in [2.45, 2.75) is 13.8 Å². The Labute approximate surface area is 118 Å². The molecule has 0 radical (unpaired) electrons. The first-order valence-electron chi connectivity index (χ1n) is 6.33. The van der Waals surface area contributed by atoms with Gasteiger partial charge in [0.1, 0.15) is 5.75 Å². The number of carbonyl (C=O) groups is 1. The van der Waals surface area contributed by atoms with E-state index in [1.54, 1.807) is 25.3 Å². The fraction of sp³-hybridized carbons (Fsp3) is 0.188. The van der Waals surface area contributed by atoms with E-state index < -0.39 is 0 Å². The first kappa shape index (κ1) is 13.9. The molecule has 0 aliphatic carbocycles. The maximum absolute atomic E-state index is 12.3. The van der Waals surface area contributed by atoms with Crippen molar-refractivity contribution in [2.24, 2.45) is 0 Å². The van der Waals surface area contributed by atoms with E-state index >= 15 is 0 Å². The van der Waals surface area contributed by atoms with Gasteiger partial charge >= 0.3 is 0 Å². The molecule has 20 heavy (non-hydrogen) atoms. The van der Waals surface area contributed by atoms with Crippen LogP contribution < -0.4 is 15.8 Å². The average Bonchev–Trinajstić information content (AvgIpc) is 2.42. The number of benzene rings is 2. The third-order valence-electron chi connectivity index (χ3n) is 3.15. The monoisotopic (exact) mass is 270 g/mol. The molecule has 0 fully saturated rings. The zero-order chi connectivity index (χ0) is 14.7. The van der Waals surface area contributed by atoms with Crippen molar-refractivity contribution < 1.29 is 9.53 Å². The van der Waals surface area contributed by atoms with Gasteiger partial charge in [-0.3, -0.25) is 4.79 Å². The lowest BCUT2D eigenvalue weighted by Crippen LogP contribution is -2.14. The van der Waals surface area contributed by atoms with Gasteiger partial charge in [-0.25, -0.2) is 0 Å². The smallest absolute Gasteiger partial charge is 0.255 e. The summed E-state index contributed by atoms with van der Waals surface area (Å²) in [4.78, 5) is 12.3. The van der Waals surface area contributed by atoms with E-state index in [9.17, 15) is 4.79 Å². The number of hydrogen-bond donors (Lipinski definition) is 2. The van der Waals surface area contributed by atoms with Gasteiger partial charge in [0, 0.05) is 23.0 Å². The van der Waals surface area contributed by atoms with Crippen molar-refractivity contribution in [1.29, 1.82) is 0 Å². The Kier molecular flexibility index (Phi) is 3.94. The molecule has 0 aliphatic rings. The number of ether oxygens (including phenoxy) is 1. The highest BCUT2D eigenvalue weighted by Crippen LogP contribution is 2.23. The van der Waals surface area contributed by atoms with Crippen molar-refractivity contribution in [3.8, 4) is 5.75 Å². The molecule has 0 saturated carbocycles. The second kappa shape index (κ2) is 5.65. The number of carbonyl (C=O) groups excluding carboxylic acids is 1. The minimum absolute atomic E-state index is 0.201. The van der Waals surface area contributed by atoms with E-state index in [0.29, 0.717) is 17.0 Å². The molecule has 0 heterocycles. The van der Waals surface area contributed by atoms with Crippen LogP contribution in [0.2, 0.25) is 0 Å². The zero-order valence-electron chi connectivity index (χ0n) is 11.9. The summed E-state index contributed by atoms with van der Waals surface area (Å²) in [5.74, 6) is 0.365. The van der Waals surface area contributed by atoms with Crippen LogP contribution in [0.4, 0.5) is 11.4 Å². The van der Waals surface area contributed by atoms with Gasteiger partial charge < -0.3 is 15.8 Å². The van der Waals surface area contributed by atoms with Crippen molar-refractivity contribution in [2.75, 3.05) is 18.2 Å². The quantitative estimate of drug-likeness (QED) is 0.842. The molecule has 104 valence electrons. The zero-order valence-corrected chi connectivity index (χ0v) is 11.9. The molecule has 2 aromatic carbocycles. The summed E-state index contributed by atoms with van der Waals surface area (Å²) in [6, 6.07) is 10.9. The topological polar surface area (TPSA) is 64.3 Å². The molecular formula is C16H18N2O2. The standard InChI is InChI=1S/C16H18N2O2/c1-10-5-4-6-11(2)15(10)18-16(19)12-7-13(17)9-14(8-12)20-3/h4-9H,17H2,1-3H3,(H,18,19). The summed E-state index contributed by atoms with van der Waals surface area (Å²) in [6.07, 6.45) is 0. The summed E-state index contributed by atoms with van der Waals surface area (Å²) in [6.45, 7) is 3.92. The number of nitrogen functional groups attached to an aromatic ring is 1. The van der Waals surface area contributed by atoms with Crippen LogP contribution in [0, 0.1) is 13.8 Å². The van der Waals surface area contributed by atoms with Crippen LogP contribution in [0.1, 0.15) is 21.5 Å². The summed E-state index contributed by atoms with van der Waals surface area (Å²) >= 11 is 0. The molecule has 0 bridgehead atoms. The molecule has 0 aromatic heterocycles.